The van der Waals surface area contributed by atoms with Crippen LogP contribution < -0.4 is 27.8 Å². The molecular weight excluding hydrogens is 480 g/mol. The lowest BCUT2D eigenvalue weighted by Crippen LogP contribution is -2.43. The van der Waals surface area contributed by atoms with Gasteiger partial charge in [0.05, 0.1) is 6.04 Å². The summed E-state index contributed by atoms with van der Waals surface area (Å²) >= 11 is 0. The summed E-state index contributed by atoms with van der Waals surface area (Å²) < 4.78 is 0. The highest BCUT2D eigenvalue weighted by Gasteiger charge is 2.27. The number of nitrogens with zero attached hydrogens (tertiary/aromatic N) is 3. The van der Waals surface area contributed by atoms with Crippen molar-refractivity contribution < 1.29 is 9.59 Å². The van der Waals surface area contributed by atoms with Gasteiger partial charge in [0.2, 0.25) is 5.91 Å². The minimum atomic E-state index is -0.779. The highest BCUT2D eigenvalue weighted by atomic mass is 16.2. The van der Waals surface area contributed by atoms with E-state index in [0.717, 1.165) is 24.6 Å². The van der Waals surface area contributed by atoms with Crippen molar-refractivity contribution in [1.29, 1.82) is 0 Å². The number of nitrogens with two attached hydrogens (primary N) is 3. The predicted octanol–water partition coefficient (Wildman–Crippen LogP) is 1.91. The maximum atomic E-state index is 12.0. The number of nitrogens with one attached hydrogen (secondary N) is 2. The monoisotopic (exact) mass is 522 g/mol. The van der Waals surface area contributed by atoms with Crippen LogP contribution in [0.3, 0.4) is 0 Å². The third-order valence-corrected chi connectivity index (χ3v) is 8.01. The molecule has 2 heterocycles. The van der Waals surface area contributed by atoms with Crippen molar-refractivity contribution in [3.05, 3.63) is 54.0 Å². The molecule has 2 saturated heterocycles. The molecule has 3 aliphatic rings. The molecule has 10 nitrogen and oxygen atoms in total. The number of carbonyl (C=O) groups is 2. The molecule has 0 aromatic heterocycles. The number of hydrogen-bond acceptors (Lipinski definition) is 6. The van der Waals surface area contributed by atoms with Crippen LogP contribution in [0.4, 0.5) is 5.69 Å². The number of likely N-dealkylation sites (tertiary alicyclic amines) is 2. The first-order valence-electron chi connectivity index (χ1n) is 13.8. The van der Waals surface area contributed by atoms with E-state index in [9.17, 15) is 9.59 Å². The SMILES string of the molecule is C=CC(=O)N1CCCC(N=C(N)N/C(Nc2ccc(C3CCN(C4CCCC4)CC3)cc2)=C(\N)C(N)=O)C1. The fraction of sp³-hybridized carbons (Fsp3) is 0.536. The molecule has 206 valence electrons. The van der Waals surface area contributed by atoms with Crippen LogP contribution in [0.15, 0.2) is 53.4 Å². The first kappa shape index (κ1) is 27.5. The Balaban J connectivity index is 1.37. The Labute approximate surface area is 225 Å². The third-order valence-electron chi connectivity index (χ3n) is 8.01. The topological polar surface area (TPSA) is 155 Å². The molecule has 3 fully saturated rings. The summed E-state index contributed by atoms with van der Waals surface area (Å²) in [7, 11) is 0. The number of benzene rings is 1. The van der Waals surface area contributed by atoms with Crippen LogP contribution in [-0.2, 0) is 9.59 Å². The van der Waals surface area contributed by atoms with E-state index in [-0.39, 0.29) is 29.4 Å². The van der Waals surface area contributed by atoms with Gasteiger partial charge in [0, 0.05) is 24.8 Å². The molecule has 1 atom stereocenters. The second-order valence-electron chi connectivity index (χ2n) is 10.6. The van der Waals surface area contributed by atoms with E-state index in [1.54, 1.807) is 4.90 Å². The fourth-order valence-electron chi connectivity index (χ4n) is 5.89. The van der Waals surface area contributed by atoms with Crippen molar-refractivity contribution >= 4 is 23.5 Å². The number of rotatable bonds is 8. The summed E-state index contributed by atoms with van der Waals surface area (Å²) in [5.41, 5.74) is 19.5. The van der Waals surface area contributed by atoms with Crippen LogP contribution in [0.25, 0.3) is 0 Å². The molecule has 8 N–H and O–H groups in total. The molecule has 2 aliphatic heterocycles. The number of aliphatic imine (C=N–C) groups is 1. The summed E-state index contributed by atoms with van der Waals surface area (Å²) in [6.07, 6.45) is 10.7. The molecule has 10 heteroatoms. The number of carbonyl (C=O) groups excluding carboxylic acids is 2. The van der Waals surface area contributed by atoms with E-state index >= 15 is 0 Å². The first-order chi connectivity index (χ1) is 18.3. The number of anilines is 1. The Morgan fingerprint density at radius 3 is 2.26 bits per heavy atom. The number of guanidine groups is 1. The van der Waals surface area contributed by atoms with Crippen LogP contribution >= 0.6 is 0 Å². The minimum absolute atomic E-state index is 0.0836. The molecule has 1 unspecified atom stereocenters. The van der Waals surface area contributed by atoms with Crippen molar-refractivity contribution in [2.75, 3.05) is 31.5 Å². The van der Waals surface area contributed by atoms with E-state index in [0.29, 0.717) is 19.0 Å². The molecular formula is C28H42N8O2. The molecule has 38 heavy (non-hydrogen) atoms. The van der Waals surface area contributed by atoms with Gasteiger partial charge in [0.1, 0.15) is 11.5 Å². The van der Waals surface area contributed by atoms with Gasteiger partial charge in [-0.1, -0.05) is 31.6 Å². The van der Waals surface area contributed by atoms with Crippen LogP contribution in [0.1, 0.15) is 62.8 Å². The van der Waals surface area contributed by atoms with Gasteiger partial charge in [-0.05, 0) is 81.3 Å². The van der Waals surface area contributed by atoms with Gasteiger partial charge in [-0.3, -0.25) is 9.59 Å². The van der Waals surface area contributed by atoms with E-state index in [1.807, 2.05) is 12.1 Å². The normalized spacial score (nSPS) is 22.6. The van der Waals surface area contributed by atoms with Gasteiger partial charge in [0.25, 0.3) is 5.91 Å². The lowest BCUT2D eigenvalue weighted by atomic mass is 9.88. The van der Waals surface area contributed by atoms with E-state index < -0.39 is 5.91 Å². The molecule has 1 aromatic rings. The quantitative estimate of drug-likeness (QED) is 0.198. The number of primary amides is 1. The maximum absolute atomic E-state index is 12.0. The van der Waals surface area contributed by atoms with Crippen LogP contribution in [0, 0.1) is 0 Å². The summed E-state index contributed by atoms with van der Waals surface area (Å²) in [6, 6.07) is 8.82. The smallest absolute Gasteiger partial charge is 0.268 e. The molecule has 2 amide bonds. The molecule has 1 aliphatic carbocycles. The minimum Gasteiger partial charge on any atom is -0.391 e. The number of amides is 2. The van der Waals surface area contributed by atoms with E-state index in [2.05, 4.69) is 39.2 Å². The van der Waals surface area contributed by atoms with Gasteiger partial charge >= 0.3 is 0 Å². The van der Waals surface area contributed by atoms with Crippen molar-refractivity contribution in [1.82, 2.24) is 15.1 Å². The molecule has 4 rings (SSSR count). The van der Waals surface area contributed by atoms with E-state index in [1.165, 1.54) is 63.3 Å². The summed E-state index contributed by atoms with van der Waals surface area (Å²) in [6.45, 7) is 7.00. The van der Waals surface area contributed by atoms with E-state index in [4.69, 9.17) is 17.2 Å². The number of hydrogen-bond donors (Lipinski definition) is 5. The number of piperidine rings is 2. The molecule has 0 radical (unpaired) electrons. The Kier molecular flexibility index (Phi) is 9.28. The zero-order valence-electron chi connectivity index (χ0n) is 22.2. The Morgan fingerprint density at radius 2 is 1.63 bits per heavy atom. The molecule has 0 spiro atoms. The average Bonchev–Trinajstić information content (AvgIpc) is 3.47. The first-order valence-corrected chi connectivity index (χ1v) is 13.8. The Bertz CT molecular complexity index is 1050. The zero-order chi connectivity index (χ0) is 27.1. The summed E-state index contributed by atoms with van der Waals surface area (Å²) in [5.74, 6) is -0.0962. The van der Waals surface area contributed by atoms with Gasteiger partial charge in [-0.2, -0.15) is 0 Å². The molecule has 0 bridgehead atoms. The highest BCUT2D eigenvalue weighted by molar-refractivity contribution is 5.93. The Morgan fingerprint density at radius 1 is 0.947 bits per heavy atom. The second-order valence-corrected chi connectivity index (χ2v) is 10.6. The lowest BCUT2D eigenvalue weighted by molar-refractivity contribution is -0.127. The maximum Gasteiger partial charge on any atom is 0.268 e. The van der Waals surface area contributed by atoms with Crippen molar-refractivity contribution in [3.8, 4) is 0 Å². The van der Waals surface area contributed by atoms with Crippen LogP contribution in [0.5, 0.6) is 0 Å². The zero-order valence-corrected chi connectivity index (χ0v) is 22.2. The van der Waals surface area contributed by atoms with Gasteiger partial charge < -0.3 is 37.6 Å². The third kappa shape index (κ3) is 7.06. The molecule has 1 aromatic carbocycles. The van der Waals surface area contributed by atoms with Gasteiger partial charge in [0.15, 0.2) is 5.96 Å². The van der Waals surface area contributed by atoms with Crippen molar-refractivity contribution in [2.45, 2.75) is 69.4 Å². The predicted molar refractivity (Wildman–Crippen MR) is 151 cm³/mol. The van der Waals surface area contributed by atoms with Gasteiger partial charge in [-0.25, -0.2) is 4.99 Å². The Hall–Kier alpha value is -3.53. The average molecular weight is 523 g/mol. The van der Waals surface area contributed by atoms with Crippen LogP contribution in [0.2, 0.25) is 0 Å². The molecule has 1 saturated carbocycles. The fourth-order valence-corrected chi connectivity index (χ4v) is 5.89. The largest absolute Gasteiger partial charge is 0.391 e. The van der Waals surface area contributed by atoms with Crippen LogP contribution in [-0.4, -0.2) is 65.8 Å². The van der Waals surface area contributed by atoms with Gasteiger partial charge in [-0.15, -0.1) is 0 Å². The standard InChI is InChI=1S/C28H42N8O2/c1-2-24(37)36-15-5-6-22(18-36)33-28(31)34-27(25(29)26(30)38)32-21-11-9-19(10-12-21)20-13-16-35(17-14-20)23-7-3-4-8-23/h2,9-12,20,22-23,32H,1,3-8,13-18,29H2,(H2,30,38)(H3,31,33,34)/b27-25-. The van der Waals surface area contributed by atoms with Crippen molar-refractivity contribution in [3.63, 3.8) is 0 Å². The second kappa shape index (κ2) is 12.8. The highest BCUT2D eigenvalue weighted by Crippen LogP contribution is 2.33. The summed E-state index contributed by atoms with van der Waals surface area (Å²) in [4.78, 5) is 32.7. The summed E-state index contributed by atoms with van der Waals surface area (Å²) in [5, 5.41) is 6.04. The van der Waals surface area contributed by atoms with Crippen molar-refractivity contribution in [2.24, 2.45) is 22.2 Å². The lowest BCUT2D eigenvalue weighted by Gasteiger charge is -2.36.